The summed E-state index contributed by atoms with van der Waals surface area (Å²) in [6.45, 7) is 1.20. The Bertz CT molecular complexity index is 1080. The maximum Gasteiger partial charge on any atom is 0.260 e. The van der Waals surface area contributed by atoms with Crippen LogP contribution in [0.25, 0.3) is 5.65 Å². The highest BCUT2D eigenvalue weighted by Gasteiger charge is 2.45. The molecule has 0 spiro atoms. The van der Waals surface area contributed by atoms with Crippen LogP contribution in [-0.2, 0) is 17.1 Å². The molecule has 4 heterocycles. The van der Waals surface area contributed by atoms with Crippen LogP contribution in [0.3, 0.4) is 0 Å². The van der Waals surface area contributed by atoms with Crippen LogP contribution in [0.1, 0.15) is 12.8 Å². The van der Waals surface area contributed by atoms with Crippen LogP contribution < -0.4 is 0 Å². The second kappa shape index (κ2) is 6.35. The van der Waals surface area contributed by atoms with Gasteiger partial charge in [-0.2, -0.15) is 4.31 Å². The largest absolute Gasteiger partial charge is 0.329 e. The number of rotatable bonds is 4. The van der Waals surface area contributed by atoms with E-state index < -0.39 is 10.0 Å². The summed E-state index contributed by atoms with van der Waals surface area (Å²) >= 11 is 1.82. The molecule has 1 saturated carbocycles. The number of thioether (sulfide) groups is 1. The van der Waals surface area contributed by atoms with Crippen molar-refractivity contribution in [2.45, 2.75) is 28.3 Å². The quantitative estimate of drug-likeness (QED) is 0.668. The Hall–Kier alpha value is -1.84. The monoisotopic (exact) mass is 403 g/mol. The van der Waals surface area contributed by atoms with Gasteiger partial charge >= 0.3 is 0 Å². The molecule has 0 N–H and O–H groups in total. The van der Waals surface area contributed by atoms with E-state index in [9.17, 15) is 8.42 Å². The summed E-state index contributed by atoms with van der Waals surface area (Å²) in [6.07, 6.45) is 9.09. The fourth-order valence-electron chi connectivity index (χ4n) is 4.34. The zero-order chi connectivity index (χ0) is 18.6. The van der Waals surface area contributed by atoms with E-state index in [0.717, 1.165) is 18.0 Å². The Morgan fingerprint density at radius 1 is 1.11 bits per heavy atom. The molecular weight excluding hydrogens is 382 g/mol. The van der Waals surface area contributed by atoms with Crippen molar-refractivity contribution in [2.24, 2.45) is 18.9 Å². The minimum absolute atomic E-state index is 0.261. The average molecular weight is 404 g/mol. The van der Waals surface area contributed by atoms with Crippen LogP contribution in [0.15, 0.2) is 53.2 Å². The summed E-state index contributed by atoms with van der Waals surface area (Å²) in [5.41, 5.74) is 0.655. The van der Waals surface area contributed by atoms with Crippen LogP contribution in [0.2, 0.25) is 0 Å². The molecule has 2 fully saturated rings. The van der Waals surface area contributed by atoms with E-state index in [1.54, 1.807) is 14.9 Å². The maximum absolute atomic E-state index is 13.2. The fourth-order valence-corrected chi connectivity index (χ4v) is 7.30. The van der Waals surface area contributed by atoms with Gasteiger partial charge in [0.05, 0.1) is 6.20 Å². The van der Waals surface area contributed by atoms with Crippen molar-refractivity contribution in [1.29, 1.82) is 0 Å². The molecule has 3 aromatic heterocycles. The van der Waals surface area contributed by atoms with E-state index in [4.69, 9.17) is 0 Å². The van der Waals surface area contributed by atoms with E-state index in [0.29, 0.717) is 35.8 Å². The van der Waals surface area contributed by atoms with Crippen LogP contribution >= 0.6 is 11.8 Å². The lowest BCUT2D eigenvalue weighted by Gasteiger charge is -2.18. The Balaban J connectivity index is 1.32. The number of imidazole rings is 2. The molecule has 9 heteroatoms. The molecule has 0 radical (unpaired) electrons. The normalized spacial score (nSPS) is 26.0. The number of aryl methyl sites for hydroxylation is 1. The predicted octanol–water partition coefficient (Wildman–Crippen LogP) is 2.26. The van der Waals surface area contributed by atoms with Gasteiger partial charge in [-0.15, -0.1) is 0 Å². The van der Waals surface area contributed by atoms with Crippen molar-refractivity contribution in [3.05, 3.63) is 43.0 Å². The standard InChI is InChI=1S/C18H21N5O2S2/c1-21-7-5-19-18(21)26-15-8-13-11-22(12-14(13)9-15)27(24,25)17-10-20-16-4-2-3-6-23(16)17/h2-7,10,13-15H,8-9,11-12H2,1H3/t13-,14+,15+. The third kappa shape index (κ3) is 2.88. The lowest BCUT2D eigenvalue weighted by molar-refractivity contribution is 0.444. The van der Waals surface area contributed by atoms with E-state index in [2.05, 4.69) is 9.97 Å². The highest BCUT2D eigenvalue weighted by Crippen LogP contribution is 2.45. The zero-order valence-corrected chi connectivity index (χ0v) is 16.6. The van der Waals surface area contributed by atoms with Crippen molar-refractivity contribution < 1.29 is 8.42 Å². The lowest BCUT2D eigenvalue weighted by atomic mass is 10.0. The highest BCUT2D eigenvalue weighted by molar-refractivity contribution is 7.99. The van der Waals surface area contributed by atoms with Crippen LogP contribution in [-0.4, -0.2) is 50.0 Å². The first-order chi connectivity index (χ1) is 13.0. The van der Waals surface area contributed by atoms with E-state index >= 15 is 0 Å². The van der Waals surface area contributed by atoms with E-state index in [1.165, 1.54) is 6.20 Å². The Kier molecular flexibility index (Phi) is 4.06. The molecule has 142 valence electrons. The number of sulfonamides is 1. The van der Waals surface area contributed by atoms with Crippen molar-refractivity contribution in [2.75, 3.05) is 13.1 Å². The van der Waals surface area contributed by atoms with Gasteiger partial charge in [0.2, 0.25) is 0 Å². The molecule has 3 aromatic rings. The molecule has 1 saturated heterocycles. The van der Waals surface area contributed by atoms with Gasteiger partial charge in [0.1, 0.15) is 5.65 Å². The molecule has 0 aromatic carbocycles. The molecule has 0 bridgehead atoms. The second-order valence-electron chi connectivity index (χ2n) is 7.40. The van der Waals surface area contributed by atoms with Crippen molar-refractivity contribution >= 4 is 27.4 Å². The molecule has 0 unspecified atom stereocenters. The first-order valence-electron chi connectivity index (χ1n) is 9.08. The minimum atomic E-state index is -3.53. The summed E-state index contributed by atoms with van der Waals surface area (Å²) in [5, 5.41) is 1.81. The summed E-state index contributed by atoms with van der Waals surface area (Å²) in [5.74, 6) is 0.855. The zero-order valence-electron chi connectivity index (χ0n) is 15.0. The number of aromatic nitrogens is 4. The summed E-state index contributed by atoms with van der Waals surface area (Å²) in [6, 6.07) is 5.50. The van der Waals surface area contributed by atoms with Crippen LogP contribution in [0, 0.1) is 11.8 Å². The number of pyridine rings is 1. The summed E-state index contributed by atoms with van der Waals surface area (Å²) in [7, 11) is -1.52. The lowest BCUT2D eigenvalue weighted by Crippen LogP contribution is -2.31. The molecule has 7 nitrogen and oxygen atoms in total. The SMILES string of the molecule is Cn1ccnc1S[C@H]1C[C@@H]2CN(S(=O)(=O)c3cnc4ccccn34)C[C@@H]2C1. The summed E-state index contributed by atoms with van der Waals surface area (Å²) in [4.78, 5) is 8.64. The molecular formula is C18H21N5O2S2. The van der Waals surface area contributed by atoms with E-state index in [-0.39, 0.29) is 5.03 Å². The Labute approximate surface area is 162 Å². The Morgan fingerprint density at radius 3 is 2.59 bits per heavy atom. The van der Waals surface area contributed by atoms with Crippen LogP contribution in [0.4, 0.5) is 0 Å². The number of fused-ring (bicyclic) bond motifs is 2. The third-order valence-electron chi connectivity index (χ3n) is 5.71. The number of hydrogen-bond acceptors (Lipinski definition) is 5. The molecule has 27 heavy (non-hydrogen) atoms. The topological polar surface area (TPSA) is 72.5 Å². The van der Waals surface area contributed by atoms with Crippen molar-refractivity contribution in [3.63, 3.8) is 0 Å². The first kappa shape index (κ1) is 17.3. The van der Waals surface area contributed by atoms with Gasteiger partial charge in [0.15, 0.2) is 10.2 Å². The average Bonchev–Trinajstić information content (AvgIpc) is 3.38. The van der Waals surface area contributed by atoms with Crippen molar-refractivity contribution in [1.82, 2.24) is 23.2 Å². The molecule has 2 aliphatic rings. The third-order valence-corrected chi connectivity index (χ3v) is 8.84. The maximum atomic E-state index is 13.2. The molecule has 0 amide bonds. The molecule has 1 aliphatic heterocycles. The molecule has 1 aliphatic carbocycles. The van der Waals surface area contributed by atoms with Gasteiger partial charge in [0.25, 0.3) is 10.0 Å². The molecule has 5 rings (SSSR count). The van der Waals surface area contributed by atoms with Gasteiger partial charge in [0, 0.05) is 44.0 Å². The number of nitrogens with zero attached hydrogens (tertiary/aromatic N) is 5. The molecule has 3 atom stereocenters. The fraction of sp³-hybridized carbons (Fsp3) is 0.444. The number of hydrogen-bond donors (Lipinski definition) is 0. The van der Waals surface area contributed by atoms with Gasteiger partial charge in [-0.25, -0.2) is 18.4 Å². The predicted molar refractivity (Wildman–Crippen MR) is 103 cm³/mol. The minimum Gasteiger partial charge on any atom is -0.329 e. The first-order valence-corrected chi connectivity index (χ1v) is 11.4. The van der Waals surface area contributed by atoms with Gasteiger partial charge in [-0.3, -0.25) is 4.40 Å². The highest BCUT2D eigenvalue weighted by atomic mass is 32.2. The smallest absolute Gasteiger partial charge is 0.260 e. The van der Waals surface area contributed by atoms with Gasteiger partial charge < -0.3 is 4.57 Å². The van der Waals surface area contributed by atoms with Gasteiger partial charge in [-0.1, -0.05) is 17.8 Å². The second-order valence-corrected chi connectivity index (χ2v) is 10.6. The Morgan fingerprint density at radius 2 is 1.89 bits per heavy atom. The summed E-state index contributed by atoms with van der Waals surface area (Å²) < 4.78 is 31.7. The van der Waals surface area contributed by atoms with Crippen molar-refractivity contribution in [3.8, 4) is 0 Å². The van der Waals surface area contributed by atoms with E-state index in [1.807, 2.05) is 54.0 Å². The van der Waals surface area contributed by atoms with Crippen LogP contribution in [0.5, 0.6) is 0 Å². The van der Waals surface area contributed by atoms with Gasteiger partial charge in [-0.05, 0) is 36.8 Å².